The zero-order valence-electron chi connectivity index (χ0n) is 21.1. The first-order chi connectivity index (χ1) is 17.8. The van der Waals surface area contributed by atoms with E-state index < -0.39 is 17.3 Å². The number of rotatable bonds is 10. The van der Waals surface area contributed by atoms with Gasteiger partial charge in [0, 0.05) is 33.5 Å². The molecule has 0 aliphatic carbocycles. The number of halogens is 2. The molecule has 2 aromatic carbocycles. The summed E-state index contributed by atoms with van der Waals surface area (Å²) in [6, 6.07) is 17.2. The first-order valence-electron chi connectivity index (χ1n) is 11.7. The quantitative estimate of drug-likeness (QED) is 0.272. The molecule has 2 unspecified atom stereocenters. The van der Waals surface area contributed by atoms with Gasteiger partial charge in [0.25, 0.3) is 0 Å². The van der Waals surface area contributed by atoms with Crippen LogP contribution in [-0.2, 0) is 5.60 Å². The summed E-state index contributed by atoms with van der Waals surface area (Å²) in [5.41, 5.74) is 0.814. The minimum absolute atomic E-state index is 0.265. The predicted molar refractivity (Wildman–Crippen MR) is 144 cm³/mol. The van der Waals surface area contributed by atoms with E-state index in [9.17, 15) is 9.50 Å². The van der Waals surface area contributed by atoms with Crippen LogP contribution in [0.1, 0.15) is 29.0 Å². The van der Waals surface area contributed by atoms with Crippen LogP contribution in [-0.4, -0.2) is 50.0 Å². The van der Waals surface area contributed by atoms with E-state index in [2.05, 4.69) is 26.2 Å². The number of methoxy groups -OCH3 is 3. The van der Waals surface area contributed by atoms with Crippen LogP contribution in [0.4, 0.5) is 4.39 Å². The number of aliphatic hydroxyl groups is 1. The molecule has 0 fully saturated rings. The molecular formula is C28H29BrFN3O4. The van der Waals surface area contributed by atoms with E-state index in [1.807, 2.05) is 24.3 Å². The van der Waals surface area contributed by atoms with Gasteiger partial charge in [0.1, 0.15) is 11.4 Å². The maximum Gasteiger partial charge on any atom is 0.217 e. The molecule has 2 heterocycles. The molecule has 4 rings (SSSR count). The van der Waals surface area contributed by atoms with Crippen LogP contribution < -0.4 is 19.5 Å². The summed E-state index contributed by atoms with van der Waals surface area (Å²) in [4.78, 5) is 9.03. The van der Waals surface area contributed by atoms with Crippen molar-refractivity contribution in [3.8, 4) is 17.6 Å². The molecule has 4 aromatic rings. The molecule has 0 aliphatic rings. The number of ether oxygens (including phenoxy) is 3. The van der Waals surface area contributed by atoms with Crippen LogP contribution in [0, 0.1) is 5.82 Å². The van der Waals surface area contributed by atoms with Crippen molar-refractivity contribution in [2.45, 2.75) is 17.9 Å². The lowest BCUT2D eigenvalue weighted by molar-refractivity contribution is 0.00977. The largest absolute Gasteiger partial charge is 0.481 e. The second-order valence-corrected chi connectivity index (χ2v) is 9.55. The lowest BCUT2D eigenvalue weighted by atomic mass is 9.72. The van der Waals surface area contributed by atoms with E-state index in [4.69, 9.17) is 19.2 Å². The van der Waals surface area contributed by atoms with Gasteiger partial charge in [-0.25, -0.2) is 9.37 Å². The lowest BCUT2D eigenvalue weighted by Gasteiger charge is -2.38. The Labute approximate surface area is 223 Å². The highest BCUT2D eigenvalue weighted by Gasteiger charge is 2.43. The Morgan fingerprint density at radius 2 is 1.70 bits per heavy atom. The first-order valence-corrected chi connectivity index (χ1v) is 12.5. The van der Waals surface area contributed by atoms with E-state index in [1.54, 1.807) is 31.3 Å². The summed E-state index contributed by atoms with van der Waals surface area (Å²) < 4.78 is 32.0. The Hall–Kier alpha value is -3.27. The van der Waals surface area contributed by atoms with Crippen molar-refractivity contribution in [2.75, 3.05) is 34.9 Å². The van der Waals surface area contributed by atoms with Crippen molar-refractivity contribution in [2.24, 2.45) is 0 Å². The van der Waals surface area contributed by atoms with Crippen LogP contribution in [0.5, 0.6) is 17.6 Å². The molecule has 7 nitrogen and oxygen atoms in total. The van der Waals surface area contributed by atoms with Gasteiger partial charge in [-0.2, -0.15) is 4.98 Å². The third-order valence-electron chi connectivity index (χ3n) is 6.39. The molecular weight excluding hydrogens is 541 g/mol. The molecule has 37 heavy (non-hydrogen) atoms. The maximum atomic E-state index is 14.6. The van der Waals surface area contributed by atoms with Crippen molar-refractivity contribution in [1.29, 1.82) is 0 Å². The smallest absolute Gasteiger partial charge is 0.217 e. The highest BCUT2D eigenvalue weighted by molar-refractivity contribution is 9.10. The van der Waals surface area contributed by atoms with Gasteiger partial charge in [-0.05, 0) is 67.5 Å². The zero-order valence-corrected chi connectivity index (χ0v) is 22.7. The molecule has 0 bridgehead atoms. The van der Waals surface area contributed by atoms with Crippen LogP contribution in [0.25, 0.3) is 10.9 Å². The summed E-state index contributed by atoms with van der Waals surface area (Å²) >= 11 is 3.53. The molecule has 194 valence electrons. The van der Waals surface area contributed by atoms with Crippen molar-refractivity contribution >= 4 is 26.8 Å². The van der Waals surface area contributed by atoms with Gasteiger partial charge in [0.2, 0.25) is 17.6 Å². The monoisotopic (exact) mass is 569 g/mol. The van der Waals surface area contributed by atoms with E-state index >= 15 is 0 Å². The second kappa shape index (κ2) is 11.4. The highest BCUT2D eigenvalue weighted by Crippen LogP contribution is 2.48. The summed E-state index contributed by atoms with van der Waals surface area (Å²) in [5.74, 6) is -0.302. The Morgan fingerprint density at radius 3 is 2.32 bits per heavy atom. The normalized spacial score (nSPS) is 13.7. The Morgan fingerprint density at radius 1 is 0.973 bits per heavy atom. The summed E-state index contributed by atoms with van der Waals surface area (Å²) in [6.45, 7) is 0.462. The van der Waals surface area contributed by atoms with Gasteiger partial charge in [0.05, 0.1) is 26.8 Å². The van der Waals surface area contributed by atoms with E-state index in [1.165, 1.54) is 33.5 Å². The fraction of sp³-hybridized carbons (Fsp3) is 0.286. The first kappa shape index (κ1) is 26.8. The summed E-state index contributed by atoms with van der Waals surface area (Å²) in [6.07, 6.45) is 0.265. The Kier molecular flexibility index (Phi) is 8.26. The van der Waals surface area contributed by atoms with Gasteiger partial charge in [-0.15, -0.1) is 0 Å². The lowest BCUT2D eigenvalue weighted by Crippen LogP contribution is -2.37. The summed E-state index contributed by atoms with van der Waals surface area (Å²) in [5, 5.41) is 16.6. The fourth-order valence-electron chi connectivity index (χ4n) is 4.63. The third kappa shape index (κ3) is 5.53. The molecule has 0 aliphatic heterocycles. The van der Waals surface area contributed by atoms with E-state index in [0.717, 1.165) is 15.4 Å². The number of nitrogens with zero attached hydrogens (tertiary/aromatic N) is 2. The van der Waals surface area contributed by atoms with Gasteiger partial charge >= 0.3 is 0 Å². The number of aromatic nitrogens is 2. The molecule has 9 heteroatoms. The van der Waals surface area contributed by atoms with Crippen LogP contribution in [0.2, 0.25) is 0 Å². The average molecular weight is 570 g/mol. The number of hydrogen-bond acceptors (Lipinski definition) is 7. The second-order valence-electron chi connectivity index (χ2n) is 8.63. The van der Waals surface area contributed by atoms with E-state index in [-0.39, 0.29) is 18.2 Å². The molecule has 0 saturated carbocycles. The van der Waals surface area contributed by atoms with Crippen molar-refractivity contribution in [3.05, 3.63) is 87.6 Å². The maximum absolute atomic E-state index is 14.6. The zero-order chi connectivity index (χ0) is 26.6. The van der Waals surface area contributed by atoms with Gasteiger partial charge in [0.15, 0.2) is 0 Å². The minimum atomic E-state index is -1.57. The molecule has 0 spiro atoms. The average Bonchev–Trinajstić information content (AvgIpc) is 2.91. The van der Waals surface area contributed by atoms with Gasteiger partial charge in [-0.1, -0.05) is 28.1 Å². The SMILES string of the molecule is CNCCC(O)(c1cc(OC)nc(OC)c1)C(c1cccc(F)c1)c1cc2cc(Br)ccc2nc1OC. The minimum Gasteiger partial charge on any atom is -0.481 e. The Balaban J connectivity index is 2.07. The number of hydrogen-bond donors (Lipinski definition) is 2. The van der Waals surface area contributed by atoms with Crippen molar-refractivity contribution in [3.63, 3.8) is 0 Å². The standard InChI is InChI=1S/C28H29BrFN3O4/c1-31-11-10-28(34,19-15-24(35-2)33-25(16-19)36-3)26(17-6-5-7-21(30)13-17)22-14-18-12-20(29)8-9-23(18)32-27(22)37-4/h5-9,12-16,26,31,34H,10-11H2,1-4H3. The fourth-order valence-corrected chi connectivity index (χ4v) is 5.00. The molecule has 0 amide bonds. The van der Waals surface area contributed by atoms with Crippen LogP contribution in [0.15, 0.2) is 65.1 Å². The molecule has 2 aromatic heterocycles. The Bertz CT molecular complexity index is 1380. The highest BCUT2D eigenvalue weighted by atomic mass is 79.9. The molecule has 2 atom stereocenters. The third-order valence-corrected chi connectivity index (χ3v) is 6.88. The van der Waals surface area contributed by atoms with Crippen molar-refractivity contribution < 1.29 is 23.7 Å². The van der Waals surface area contributed by atoms with Crippen LogP contribution in [0.3, 0.4) is 0 Å². The molecule has 0 saturated heterocycles. The van der Waals surface area contributed by atoms with E-state index in [0.29, 0.717) is 29.1 Å². The van der Waals surface area contributed by atoms with Crippen LogP contribution >= 0.6 is 15.9 Å². The molecule has 0 radical (unpaired) electrons. The summed E-state index contributed by atoms with van der Waals surface area (Å²) in [7, 11) is 6.33. The topological polar surface area (TPSA) is 85.7 Å². The van der Waals surface area contributed by atoms with Gasteiger partial charge in [-0.3, -0.25) is 0 Å². The number of benzene rings is 2. The predicted octanol–water partition coefficient (Wildman–Crippen LogP) is 5.19. The van der Waals surface area contributed by atoms with Crippen molar-refractivity contribution in [1.82, 2.24) is 15.3 Å². The number of fused-ring (bicyclic) bond motifs is 1. The molecule has 2 N–H and O–H groups in total. The van der Waals surface area contributed by atoms with Gasteiger partial charge < -0.3 is 24.6 Å². The number of pyridine rings is 2. The number of nitrogens with one attached hydrogen (secondary N) is 1.